The molecule has 0 aromatic carbocycles. The zero-order valence-corrected chi connectivity index (χ0v) is 8.16. The fourth-order valence-corrected chi connectivity index (χ4v) is 0.344. The average molecular weight is 142 g/mol. The van der Waals surface area contributed by atoms with Crippen LogP contribution in [0.1, 0.15) is 6.92 Å². The van der Waals surface area contributed by atoms with E-state index in [2.05, 4.69) is 17.9 Å². The molecule has 0 rings (SSSR count). The number of carbonyl (C=O) groups excluding carboxylic acids is 1. The Morgan fingerprint density at radius 3 is 2.38 bits per heavy atom. The monoisotopic (exact) mass is 142 g/mol. The summed E-state index contributed by atoms with van der Waals surface area (Å²) in [6.45, 7) is 2.15. The molecule has 0 aromatic heterocycles. The van der Waals surface area contributed by atoms with Crippen LogP contribution < -0.4 is 5.32 Å². The Morgan fingerprint density at radius 1 is 1.75 bits per heavy atom. The summed E-state index contributed by atoms with van der Waals surface area (Å²) < 4.78 is 0. The second kappa shape index (κ2) is 7.82. The second-order valence-corrected chi connectivity index (χ2v) is 1.65. The maximum Gasteiger partial charge on any atom is 0.216 e. The third kappa shape index (κ3) is 9.94. The SMILES string of the molecule is CC(=O)NCCS.[Na]. The van der Waals surface area contributed by atoms with Gasteiger partial charge in [-0.25, -0.2) is 0 Å². The van der Waals surface area contributed by atoms with Crippen molar-refractivity contribution < 1.29 is 4.79 Å². The van der Waals surface area contributed by atoms with Gasteiger partial charge in [-0.05, 0) is 0 Å². The van der Waals surface area contributed by atoms with E-state index in [1.165, 1.54) is 6.92 Å². The van der Waals surface area contributed by atoms with Gasteiger partial charge in [0.05, 0.1) is 0 Å². The normalized spacial score (nSPS) is 7.25. The van der Waals surface area contributed by atoms with Crippen molar-refractivity contribution in [3.8, 4) is 0 Å². The number of hydrogen-bond donors (Lipinski definition) is 2. The van der Waals surface area contributed by atoms with E-state index in [-0.39, 0.29) is 35.5 Å². The topological polar surface area (TPSA) is 29.1 Å². The van der Waals surface area contributed by atoms with E-state index < -0.39 is 0 Å². The van der Waals surface area contributed by atoms with Gasteiger partial charge in [-0.3, -0.25) is 4.79 Å². The first-order chi connectivity index (χ1) is 3.27. The van der Waals surface area contributed by atoms with Gasteiger partial charge in [-0.15, -0.1) is 0 Å². The molecule has 0 aliphatic carbocycles. The summed E-state index contributed by atoms with van der Waals surface area (Å²) in [5.74, 6) is 0.716. The van der Waals surface area contributed by atoms with Gasteiger partial charge >= 0.3 is 0 Å². The van der Waals surface area contributed by atoms with Crippen LogP contribution in [0, 0.1) is 0 Å². The van der Waals surface area contributed by atoms with E-state index >= 15 is 0 Å². The summed E-state index contributed by atoms with van der Waals surface area (Å²) in [7, 11) is 0. The van der Waals surface area contributed by atoms with Crippen LogP contribution in [0.4, 0.5) is 0 Å². The maximum absolute atomic E-state index is 10.1. The standard InChI is InChI=1S/C4H9NOS.Na/c1-4(6)5-2-3-7;/h7H,2-3H2,1H3,(H,5,6);. The molecule has 0 bridgehead atoms. The van der Waals surface area contributed by atoms with Crippen molar-refractivity contribution in [3.63, 3.8) is 0 Å². The molecule has 1 N–H and O–H groups in total. The summed E-state index contributed by atoms with van der Waals surface area (Å²) >= 11 is 3.88. The number of nitrogens with one attached hydrogen (secondary N) is 1. The number of rotatable bonds is 2. The molecule has 0 saturated heterocycles. The smallest absolute Gasteiger partial charge is 0.216 e. The van der Waals surface area contributed by atoms with Gasteiger partial charge in [0.25, 0.3) is 0 Å². The van der Waals surface area contributed by atoms with E-state index in [0.29, 0.717) is 12.3 Å². The predicted molar refractivity (Wildman–Crippen MR) is 38.3 cm³/mol. The first kappa shape index (κ1) is 11.6. The fourth-order valence-electron chi connectivity index (χ4n) is 0.232. The number of amides is 1. The van der Waals surface area contributed by atoms with Crippen molar-refractivity contribution in [2.24, 2.45) is 0 Å². The van der Waals surface area contributed by atoms with Crippen molar-refractivity contribution in [3.05, 3.63) is 0 Å². The van der Waals surface area contributed by atoms with E-state index in [1.54, 1.807) is 0 Å². The molecule has 2 nitrogen and oxygen atoms in total. The van der Waals surface area contributed by atoms with Crippen molar-refractivity contribution in [1.29, 1.82) is 0 Å². The summed E-state index contributed by atoms with van der Waals surface area (Å²) in [4.78, 5) is 10.1. The van der Waals surface area contributed by atoms with E-state index in [1.807, 2.05) is 0 Å². The molecule has 0 aliphatic heterocycles. The van der Waals surface area contributed by atoms with Crippen LogP contribution in [0.3, 0.4) is 0 Å². The number of thiol groups is 1. The summed E-state index contributed by atoms with van der Waals surface area (Å²) in [5, 5.41) is 2.58. The minimum atomic E-state index is 0. The average Bonchev–Trinajstić information content (AvgIpc) is 1.61. The molecule has 1 radical (unpaired) electrons. The van der Waals surface area contributed by atoms with E-state index in [4.69, 9.17) is 0 Å². The van der Waals surface area contributed by atoms with Crippen LogP contribution in [0.25, 0.3) is 0 Å². The molecule has 0 aromatic rings. The van der Waals surface area contributed by atoms with Crippen LogP contribution >= 0.6 is 12.6 Å². The van der Waals surface area contributed by atoms with Gasteiger partial charge in [-0.1, -0.05) is 0 Å². The Labute approximate surface area is 77.1 Å². The molecular weight excluding hydrogens is 133 g/mol. The van der Waals surface area contributed by atoms with Crippen LogP contribution in [0.15, 0.2) is 0 Å². The minimum Gasteiger partial charge on any atom is -0.356 e. The molecule has 0 heterocycles. The second-order valence-electron chi connectivity index (χ2n) is 1.21. The van der Waals surface area contributed by atoms with Crippen LogP contribution in [0.5, 0.6) is 0 Å². The molecule has 1 amide bonds. The van der Waals surface area contributed by atoms with Crippen LogP contribution in [-0.2, 0) is 4.79 Å². The molecule has 8 heavy (non-hydrogen) atoms. The largest absolute Gasteiger partial charge is 0.356 e. The van der Waals surface area contributed by atoms with Gasteiger partial charge in [-0.2, -0.15) is 12.6 Å². The minimum absolute atomic E-state index is 0. The molecule has 0 fully saturated rings. The maximum atomic E-state index is 10.1. The molecule has 0 saturated carbocycles. The Hall–Kier alpha value is 0.820. The van der Waals surface area contributed by atoms with Gasteiger partial charge in [0.2, 0.25) is 5.91 Å². The van der Waals surface area contributed by atoms with Crippen molar-refractivity contribution in [1.82, 2.24) is 5.32 Å². The summed E-state index contributed by atoms with van der Waals surface area (Å²) in [6, 6.07) is 0. The van der Waals surface area contributed by atoms with Crippen molar-refractivity contribution >= 4 is 48.1 Å². The van der Waals surface area contributed by atoms with Gasteiger partial charge in [0, 0.05) is 48.8 Å². The quantitative estimate of drug-likeness (QED) is 0.401. The van der Waals surface area contributed by atoms with E-state index in [9.17, 15) is 4.79 Å². The molecule has 0 atom stereocenters. The van der Waals surface area contributed by atoms with Gasteiger partial charge in [0.15, 0.2) is 0 Å². The third-order valence-corrected chi connectivity index (χ3v) is 0.709. The fraction of sp³-hybridized carbons (Fsp3) is 0.750. The van der Waals surface area contributed by atoms with Crippen molar-refractivity contribution in [2.45, 2.75) is 6.92 Å². The Balaban J connectivity index is 0. The molecule has 43 valence electrons. The zero-order chi connectivity index (χ0) is 5.70. The van der Waals surface area contributed by atoms with E-state index in [0.717, 1.165) is 0 Å². The molecule has 0 aliphatic rings. The van der Waals surface area contributed by atoms with Crippen LogP contribution in [0.2, 0.25) is 0 Å². The van der Waals surface area contributed by atoms with Gasteiger partial charge < -0.3 is 5.32 Å². The first-order valence-electron chi connectivity index (χ1n) is 2.12. The summed E-state index contributed by atoms with van der Waals surface area (Å²) in [6.07, 6.45) is 0. The summed E-state index contributed by atoms with van der Waals surface area (Å²) in [5.41, 5.74) is 0. The Kier molecular flexibility index (Phi) is 11.3. The molecule has 0 unspecified atom stereocenters. The van der Waals surface area contributed by atoms with Gasteiger partial charge in [0.1, 0.15) is 0 Å². The predicted octanol–water partition coefficient (Wildman–Crippen LogP) is -0.329. The Bertz CT molecular complexity index is 69.1. The third-order valence-electron chi connectivity index (χ3n) is 0.486. The zero-order valence-electron chi connectivity index (χ0n) is 5.27. The molecule has 0 spiro atoms. The van der Waals surface area contributed by atoms with Crippen LogP contribution in [-0.4, -0.2) is 47.8 Å². The van der Waals surface area contributed by atoms with Crippen molar-refractivity contribution in [2.75, 3.05) is 12.3 Å². The number of carbonyl (C=O) groups is 1. The number of hydrogen-bond acceptors (Lipinski definition) is 2. The molecule has 4 heteroatoms. The Morgan fingerprint density at radius 2 is 2.25 bits per heavy atom. The first-order valence-corrected chi connectivity index (χ1v) is 2.76. The molecular formula is C4H9NNaOS.